The van der Waals surface area contributed by atoms with Crippen LogP contribution in [0.2, 0.25) is 0 Å². The molecule has 1 saturated heterocycles. The van der Waals surface area contributed by atoms with Gasteiger partial charge in [0.2, 0.25) is 0 Å². The van der Waals surface area contributed by atoms with Crippen molar-refractivity contribution >= 4 is 23.4 Å². The molecule has 0 radical (unpaired) electrons. The van der Waals surface area contributed by atoms with Crippen LogP contribution in [0.4, 0.5) is 5.69 Å². The zero-order chi connectivity index (χ0) is 19.9. The number of non-ortho nitro benzene ring substituents is 1. The number of nitro groups is 1. The van der Waals surface area contributed by atoms with E-state index in [9.17, 15) is 14.9 Å². The molecule has 7 nitrogen and oxygen atoms in total. The van der Waals surface area contributed by atoms with Crippen LogP contribution < -0.4 is 10.1 Å². The van der Waals surface area contributed by atoms with E-state index >= 15 is 0 Å². The second kappa shape index (κ2) is 9.57. The molecule has 0 unspecified atom stereocenters. The Balaban J connectivity index is 1.47. The van der Waals surface area contributed by atoms with E-state index in [0.717, 1.165) is 29.1 Å². The van der Waals surface area contributed by atoms with E-state index in [-0.39, 0.29) is 23.1 Å². The van der Waals surface area contributed by atoms with Gasteiger partial charge in [0.1, 0.15) is 18.4 Å². The highest BCUT2D eigenvalue weighted by Gasteiger charge is 2.30. The Morgan fingerprint density at radius 3 is 2.50 bits per heavy atom. The van der Waals surface area contributed by atoms with Crippen molar-refractivity contribution in [3.63, 3.8) is 0 Å². The zero-order valence-electron chi connectivity index (χ0n) is 15.5. The molecule has 0 bridgehead atoms. The summed E-state index contributed by atoms with van der Waals surface area (Å²) in [5, 5.41) is 14.2. The Kier molecular flexibility index (Phi) is 6.89. The number of nitro benzene ring substituents is 1. The van der Waals surface area contributed by atoms with Gasteiger partial charge < -0.3 is 9.47 Å². The maximum atomic E-state index is 11.8. The number of thioether (sulfide) groups is 1. The van der Waals surface area contributed by atoms with Gasteiger partial charge in [-0.2, -0.15) is 0 Å². The minimum Gasteiger partial charge on any atom is -0.489 e. The molecule has 1 N–H and O–H groups in total. The van der Waals surface area contributed by atoms with Gasteiger partial charge in [0.25, 0.3) is 5.69 Å². The molecular weight excluding hydrogens is 380 g/mol. The average Bonchev–Trinajstić information content (AvgIpc) is 3.16. The lowest BCUT2D eigenvalue weighted by Gasteiger charge is -2.13. The molecule has 1 heterocycles. The second-order valence-electron chi connectivity index (χ2n) is 6.35. The van der Waals surface area contributed by atoms with Crippen molar-refractivity contribution in [2.24, 2.45) is 0 Å². The fraction of sp³-hybridized carbons (Fsp3) is 0.350. The summed E-state index contributed by atoms with van der Waals surface area (Å²) < 4.78 is 10.8. The first-order valence-corrected chi connectivity index (χ1v) is 10.1. The lowest BCUT2D eigenvalue weighted by molar-refractivity contribution is -0.384. The number of rotatable bonds is 8. The monoisotopic (exact) mass is 402 g/mol. The first kappa shape index (κ1) is 20.2. The van der Waals surface area contributed by atoms with Crippen LogP contribution in [-0.2, 0) is 22.6 Å². The minimum absolute atomic E-state index is 0.0664. The van der Waals surface area contributed by atoms with E-state index in [1.807, 2.05) is 31.2 Å². The van der Waals surface area contributed by atoms with Crippen molar-refractivity contribution in [2.75, 3.05) is 12.4 Å². The van der Waals surface area contributed by atoms with Crippen LogP contribution in [0.25, 0.3) is 0 Å². The van der Waals surface area contributed by atoms with Crippen LogP contribution in [0.15, 0.2) is 48.5 Å². The SMILES string of the molecule is CCOC(=O)[C@@H]1CS[C@@H](Cc2ccc(OCc3ccc([N+](=O)[O-])cc3)cc2)N1. The summed E-state index contributed by atoms with van der Waals surface area (Å²) in [6.07, 6.45) is 0.809. The number of nitrogens with zero attached hydrogens (tertiary/aromatic N) is 1. The van der Waals surface area contributed by atoms with Gasteiger partial charge in [0, 0.05) is 17.9 Å². The third-order valence-electron chi connectivity index (χ3n) is 4.32. The third-order valence-corrected chi connectivity index (χ3v) is 5.55. The molecule has 2 aromatic rings. The maximum absolute atomic E-state index is 11.8. The number of ether oxygens (including phenoxy) is 2. The molecule has 8 heteroatoms. The van der Waals surface area contributed by atoms with E-state index < -0.39 is 4.92 Å². The number of carbonyl (C=O) groups is 1. The first-order valence-electron chi connectivity index (χ1n) is 9.04. The molecule has 0 saturated carbocycles. The summed E-state index contributed by atoms with van der Waals surface area (Å²) in [5.41, 5.74) is 2.08. The van der Waals surface area contributed by atoms with Gasteiger partial charge in [-0.25, -0.2) is 0 Å². The van der Waals surface area contributed by atoms with Crippen LogP contribution in [0.5, 0.6) is 5.75 Å². The molecular formula is C20H22N2O5S. The summed E-state index contributed by atoms with van der Waals surface area (Å²) in [4.78, 5) is 22.0. The topological polar surface area (TPSA) is 90.7 Å². The van der Waals surface area contributed by atoms with Crippen molar-refractivity contribution in [3.05, 3.63) is 69.8 Å². The largest absolute Gasteiger partial charge is 0.489 e. The highest BCUT2D eigenvalue weighted by molar-refractivity contribution is 8.00. The number of esters is 1. The highest BCUT2D eigenvalue weighted by Crippen LogP contribution is 2.24. The summed E-state index contributed by atoms with van der Waals surface area (Å²) in [6.45, 7) is 2.55. The normalized spacial score (nSPS) is 18.6. The Morgan fingerprint density at radius 1 is 1.18 bits per heavy atom. The minimum atomic E-state index is -0.421. The standard InChI is InChI=1S/C20H22N2O5S/c1-2-26-20(23)18-13-28-19(21-18)11-14-5-9-17(10-6-14)27-12-15-3-7-16(8-4-15)22(24)25/h3-10,18-19,21H,2,11-13H2,1H3/t18-,19-/m0/s1. The number of hydrogen-bond acceptors (Lipinski definition) is 7. The average molecular weight is 402 g/mol. The number of hydrogen-bond donors (Lipinski definition) is 1. The second-order valence-corrected chi connectivity index (χ2v) is 7.59. The summed E-state index contributed by atoms with van der Waals surface area (Å²) >= 11 is 1.72. The lowest BCUT2D eigenvalue weighted by Crippen LogP contribution is -2.38. The molecule has 0 aliphatic carbocycles. The van der Waals surface area contributed by atoms with Crippen LogP contribution in [0.1, 0.15) is 18.1 Å². The van der Waals surface area contributed by atoms with Gasteiger partial charge in [-0.3, -0.25) is 20.2 Å². The summed E-state index contributed by atoms with van der Waals surface area (Å²) in [7, 11) is 0. The molecule has 2 atom stereocenters. The fourth-order valence-corrected chi connectivity index (χ4v) is 4.07. The molecule has 0 amide bonds. The van der Waals surface area contributed by atoms with E-state index in [2.05, 4.69) is 5.32 Å². The van der Waals surface area contributed by atoms with Crippen molar-refractivity contribution in [2.45, 2.75) is 31.4 Å². The predicted molar refractivity (Wildman–Crippen MR) is 107 cm³/mol. The lowest BCUT2D eigenvalue weighted by atomic mass is 10.1. The summed E-state index contributed by atoms with van der Waals surface area (Å²) in [6, 6.07) is 13.9. The third kappa shape index (κ3) is 5.46. The molecule has 148 valence electrons. The number of benzene rings is 2. The van der Waals surface area contributed by atoms with E-state index in [4.69, 9.17) is 9.47 Å². The van der Waals surface area contributed by atoms with Crippen molar-refractivity contribution in [1.82, 2.24) is 5.32 Å². The molecule has 28 heavy (non-hydrogen) atoms. The number of nitrogens with one attached hydrogen (secondary N) is 1. The van der Waals surface area contributed by atoms with Crippen LogP contribution in [-0.4, -0.2) is 34.7 Å². The van der Waals surface area contributed by atoms with E-state index in [1.165, 1.54) is 12.1 Å². The molecule has 3 rings (SSSR count). The maximum Gasteiger partial charge on any atom is 0.324 e. The fourth-order valence-electron chi connectivity index (χ4n) is 2.85. The van der Waals surface area contributed by atoms with Crippen LogP contribution in [0, 0.1) is 10.1 Å². The van der Waals surface area contributed by atoms with Crippen LogP contribution in [0.3, 0.4) is 0 Å². The molecule has 0 spiro atoms. The van der Waals surface area contributed by atoms with Gasteiger partial charge in [-0.1, -0.05) is 12.1 Å². The Labute approximate surface area is 167 Å². The smallest absolute Gasteiger partial charge is 0.324 e. The molecule has 0 aromatic heterocycles. The highest BCUT2D eigenvalue weighted by atomic mass is 32.2. The quantitative estimate of drug-likeness (QED) is 0.411. The number of carbonyl (C=O) groups excluding carboxylic acids is 1. The van der Waals surface area contributed by atoms with Gasteiger partial charge in [0.05, 0.1) is 16.9 Å². The van der Waals surface area contributed by atoms with Gasteiger partial charge in [-0.15, -0.1) is 11.8 Å². The van der Waals surface area contributed by atoms with Crippen molar-refractivity contribution in [3.8, 4) is 5.75 Å². The first-order chi connectivity index (χ1) is 13.5. The zero-order valence-corrected chi connectivity index (χ0v) is 16.3. The molecule has 1 aliphatic heterocycles. The van der Waals surface area contributed by atoms with Crippen molar-refractivity contribution < 1.29 is 19.2 Å². The van der Waals surface area contributed by atoms with E-state index in [0.29, 0.717) is 13.2 Å². The molecule has 2 aromatic carbocycles. The van der Waals surface area contributed by atoms with E-state index in [1.54, 1.807) is 23.9 Å². The Morgan fingerprint density at radius 2 is 1.86 bits per heavy atom. The Bertz CT molecular complexity index is 810. The predicted octanol–water partition coefficient (Wildman–Crippen LogP) is 3.31. The van der Waals surface area contributed by atoms with Gasteiger partial charge in [-0.05, 0) is 48.7 Å². The van der Waals surface area contributed by atoms with Gasteiger partial charge >= 0.3 is 5.97 Å². The molecule has 1 aliphatic rings. The summed E-state index contributed by atoms with van der Waals surface area (Å²) in [5.74, 6) is 1.27. The molecule has 1 fully saturated rings. The van der Waals surface area contributed by atoms with Crippen molar-refractivity contribution in [1.29, 1.82) is 0 Å². The van der Waals surface area contributed by atoms with Crippen LogP contribution >= 0.6 is 11.8 Å². The Hall–Kier alpha value is -2.58. The van der Waals surface area contributed by atoms with Gasteiger partial charge in [0.15, 0.2) is 0 Å².